The molecular formula is C10H9NO4. The Hall–Kier alpha value is -1.88. The summed E-state index contributed by atoms with van der Waals surface area (Å²) in [6.45, 7) is 0.263. The second-order valence-corrected chi connectivity index (χ2v) is 2.96. The molecule has 78 valence electrons. The van der Waals surface area contributed by atoms with E-state index < -0.39 is 5.91 Å². The summed E-state index contributed by atoms with van der Waals surface area (Å²) >= 11 is 0. The Labute approximate surface area is 85.9 Å². The molecule has 0 atom stereocenters. The highest BCUT2D eigenvalue weighted by Gasteiger charge is 2.26. The standard InChI is InChI=1S/C10H9NO4/c12-9(11-10(13)5-7-15-11)4-3-8-2-1-6-14-8/h1-4,6H,5,7H2/b4-3+. The molecule has 2 heterocycles. The van der Waals surface area contributed by atoms with Crippen LogP contribution in [-0.2, 0) is 14.4 Å². The van der Waals surface area contributed by atoms with E-state index in [4.69, 9.17) is 9.25 Å². The van der Waals surface area contributed by atoms with Gasteiger partial charge in [-0.05, 0) is 18.2 Å². The molecule has 0 aromatic carbocycles. The molecule has 0 spiro atoms. The molecule has 1 aliphatic heterocycles. The third-order valence-corrected chi connectivity index (χ3v) is 1.90. The number of hydrogen-bond donors (Lipinski definition) is 0. The van der Waals surface area contributed by atoms with Crippen LogP contribution in [0.25, 0.3) is 6.08 Å². The number of carbonyl (C=O) groups is 2. The van der Waals surface area contributed by atoms with E-state index in [0.29, 0.717) is 5.76 Å². The fourth-order valence-electron chi connectivity index (χ4n) is 1.19. The van der Waals surface area contributed by atoms with E-state index in [-0.39, 0.29) is 18.9 Å². The monoisotopic (exact) mass is 207 g/mol. The van der Waals surface area contributed by atoms with Crippen LogP contribution in [0.2, 0.25) is 0 Å². The summed E-state index contributed by atoms with van der Waals surface area (Å²) in [4.78, 5) is 27.4. The van der Waals surface area contributed by atoms with Crippen LogP contribution >= 0.6 is 0 Å². The van der Waals surface area contributed by atoms with Gasteiger partial charge in [-0.15, -0.1) is 5.06 Å². The molecule has 0 saturated carbocycles. The maximum atomic E-state index is 11.4. The van der Waals surface area contributed by atoms with Crippen molar-refractivity contribution in [1.82, 2.24) is 5.06 Å². The third kappa shape index (κ3) is 2.13. The predicted molar refractivity (Wildman–Crippen MR) is 50.2 cm³/mol. The highest BCUT2D eigenvalue weighted by atomic mass is 16.7. The minimum Gasteiger partial charge on any atom is -0.465 e. The van der Waals surface area contributed by atoms with Crippen molar-refractivity contribution in [2.75, 3.05) is 6.61 Å². The Bertz CT molecular complexity index is 394. The average molecular weight is 207 g/mol. The van der Waals surface area contributed by atoms with Gasteiger partial charge in [0.2, 0.25) is 0 Å². The van der Waals surface area contributed by atoms with E-state index in [1.165, 1.54) is 18.4 Å². The van der Waals surface area contributed by atoms with Crippen molar-refractivity contribution < 1.29 is 18.8 Å². The van der Waals surface area contributed by atoms with Crippen molar-refractivity contribution in [2.45, 2.75) is 6.42 Å². The summed E-state index contributed by atoms with van der Waals surface area (Å²) in [5.41, 5.74) is 0. The number of amides is 2. The van der Waals surface area contributed by atoms with E-state index >= 15 is 0 Å². The molecule has 1 aromatic rings. The fourth-order valence-corrected chi connectivity index (χ4v) is 1.19. The summed E-state index contributed by atoms with van der Waals surface area (Å²) in [6, 6.07) is 3.41. The van der Waals surface area contributed by atoms with E-state index in [2.05, 4.69) is 0 Å². The van der Waals surface area contributed by atoms with Crippen molar-refractivity contribution in [3.05, 3.63) is 30.2 Å². The van der Waals surface area contributed by atoms with Crippen LogP contribution in [0, 0.1) is 0 Å². The topological polar surface area (TPSA) is 59.8 Å². The fraction of sp³-hybridized carbons (Fsp3) is 0.200. The lowest BCUT2D eigenvalue weighted by Crippen LogP contribution is -2.28. The number of hydrogen-bond acceptors (Lipinski definition) is 4. The van der Waals surface area contributed by atoms with Gasteiger partial charge in [0.05, 0.1) is 19.3 Å². The lowest BCUT2D eigenvalue weighted by molar-refractivity contribution is -0.174. The Morgan fingerprint density at radius 3 is 3.00 bits per heavy atom. The summed E-state index contributed by atoms with van der Waals surface area (Å²) in [6.07, 6.45) is 4.47. The van der Waals surface area contributed by atoms with Crippen molar-refractivity contribution in [3.8, 4) is 0 Å². The van der Waals surface area contributed by atoms with Gasteiger partial charge < -0.3 is 4.42 Å². The van der Waals surface area contributed by atoms with E-state index in [1.54, 1.807) is 12.1 Å². The largest absolute Gasteiger partial charge is 0.465 e. The maximum Gasteiger partial charge on any atom is 0.277 e. The normalized spacial score (nSPS) is 16.5. The first kappa shape index (κ1) is 9.67. The molecule has 2 rings (SSSR count). The zero-order valence-corrected chi connectivity index (χ0v) is 7.88. The van der Waals surface area contributed by atoms with E-state index in [0.717, 1.165) is 5.06 Å². The Balaban J connectivity index is 2.00. The first-order valence-electron chi connectivity index (χ1n) is 4.49. The van der Waals surface area contributed by atoms with Gasteiger partial charge in [-0.2, -0.15) is 0 Å². The van der Waals surface area contributed by atoms with Crippen molar-refractivity contribution in [2.24, 2.45) is 0 Å². The minimum absolute atomic E-state index is 0.250. The number of carbonyl (C=O) groups excluding carboxylic acids is 2. The van der Waals surface area contributed by atoms with E-state index in [1.807, 2.05) is 0 Å². The second-order valence-electron chi connectivity index (χ2n) is 2.96. The molecule has 15 heavy (non-hydrogen) atoms. The van der Waals surface area contributed by atoms with Gasteiger partial charge in [0.25, 0.3) is 11.8 Å². The van der Waals surface area contributed by atoms with Gasteiger partial charge in [-0.1, -0.05) is 0 Å². The molecule has 5 heteroatoms. The molecular weight excluding hydrogens is 198 g/mol. The van der Waals surface area contributed by atoms with Crippen molar-refractivity contribution in [3.63, 3.8) is 0 Å². The van der Waals surface area contributed by atoms with Crippen molar-refractivity contribution >= 4 is 17.9 Å². The summed E-state index contributed by atoms with van der Waals surface area (Å²) < 4.78 is 4.99. The zero-order chi connectivity index (χ0) is 10.7. The van der Waals surface area contributed by atoms with Crippen molar-refractivity contribution in [1.29, 1.82) is 0 Å². The van der Waals surface area contributed by atoms with Crippen LogP contribution in [0.3, 0.4) is 0 Å². The molecule has 1 saturated heterocycles. The van der Waals surface area contributed by atoms with Crippen LogP contribution in [0.4, 0.5) is 0 Å². The Morgan fingerprint density at radius 2 is 2.40 bits per heavy atom. The zero-order valence-electron chi connectivity index (χ0n) is 7.88. The summed E-state index contributed by atoms with van der Waals surface area (Å²) in [7, 11) is 0. The number of rotatable bonds is 2. The lowest BCUT2D eigenvalue weighted by Gasteiger charge is -2.07. The highest BCUT2D eigenvalue weighted by molar-refractivity contribution is 6.02. The molecule has 0 unspecified atom stereocenters. The molecule has 0 aliphatic carbocycles. The first-order valence-corrected chi connectivity index (χ1v) is 4.49. The molecule has 0 N–H and O–H groups in total. The SMILES string of the molecule is O=C(/C=C/c1ccco1)N1OCCC1=O. The van der Waals surface area contributed by atoms with Gasteiger partial charge in [-0.3, -0.25) is 14.4 Å². The van der Waals surface area contributed by atoms with Crippen LogP contribution < -0.4 is 0 Å². The second kappa shape index (κ2) is 4.10. The number of imide groups is 1. The smallest absolute Gasteiger partial charge is 0.277 e. The Kier molecular flexibility index (Phi) is 2.64. The number of hydroxylamine groups is 2. The highest BCUT2D eigenvalue weighted by Crippen LogP contribution is 2.09. The van der Waals surface area contributed by atoms with Crippen LogP contribution in [0.1, 0.15) is 12.2 Å². The molecule has 2 amide bonds. The van der Waals surface area contributed by atoms with Gasteiger partial charge in [-0.25, -0.2) is 0 Å². The molecule has 1 aliphatic rings. The predicted octanol–water partition coefficient (Wildman–Crippen LogP) is 0.983. The lowest BCUT2D eigenvalue weighted by atomic mass is 10.3. The minimum atomic E-state index is -0.492. The van der Waals surface area contributed by atoms with Gasteiger partial charge in [0, 0.05) is 6.08 Å². The first-order chi connectivity index (χ1) is 7.27. The average Bonchev–Trinajstić information content (AvgIpc) is 2.84. The Morgan fingerprint density at radius 1 is 1.53 bits per heavy atom. The summed E-state index contributed by atoms with van der Waals surface area (Å²) in [5.74, 6) is -0.256. The number of furan rings is 1. The number of nitrogens with zero attached hydrogens (tertiary/aromatic N) is 1. The quantitative estimate of drug-likeness (QED) is 0.678. The van der Waals surface area contributed by atoms with Crippen LogP contribution in [0.5, 0.6) is 0 Å². The molecule has 0 radical (unpaired) electrons. The molecule has 1 fully saturated rings. The summed E-state index contributed by atoms with van der Waals surface area (Å²) in [5, 5.41) is 0.763. The van der Waals surface area contributed by atoms with E-state index in [9.17, 15) is 9.59 Å². The molecule has 5 nitrogen and oxygen atoms in total. The van der Waals surface area contributed by atoms with Crippen LogP contribution in [0.15, 0.2) is 28.9 Å². The van der Waals surface area contributed by atoms with Gasteiger partial charge in [0.1, 0.15) is 5.76 Å². The molecule has 0 bridgehead atoms. The molecule has 1 aromatic heterocycles. The van der Waals surface area contributed by atoms with Gasteiger partial charge >= 0.3 is 0 Å². The third-order valence-electron chi connectivity index (χ3n) is 1.90. The maximum absolute atomic E-state index is 11.4. The van der Waals surface area contributed by atoms with Crippen LogP contribution in [-0.4, -0.2) is 23.5 Å². The van der Waals surface area contributed by atoms with Gasteiger partial charge in [0.15, 0.2) is 0 Å².